The van der Waals surface area contributed by atoms with E-state index in [0.29, 0.717) is 0 Å². The molecule has 0 saturated carbocycles. The second-order valence-corrected chi connectivity index (χ2v) is 9.17. The van der Waals surface area contributed by atoms with E-state index in [9.17, 15) is 0 Å². The first-order valence-electron chi connectivity index (χ1n) is 8.38. The fourth-order valence-corrected chi connectivity index (χ4v) is 6.90. The third-order valence-electron chi connectivity index (χ3n) is 4.21. The number of hydrogen-bond donors (Lipinski definition) is 0. The molecule has 0 bridgehead atoms. The molecule has 0 aliphatic heterocycles. The highest BCUT2D eigenvalue weighted by atomic mass is 31.2. The quantitative estimate of drug-likeness (QED) is 0.492. The van der Waals surface area contributed by atoms with Crippen LogP contribution in [0.4, 0.5) is 0 Å². The summed E-state index contributed by atoms with van der Waals surface area (Å²) in [5.41, 5.74) is 0. The molecule has 0 aliphatic carbocycles. The Bertz CT molecular complexity index is 715. The van der Waals surface area contributed by atoms with Gasteiger partial charge in [-0.15, -0.1) is 0 Å². The molecule has 3 aromatic carbocycles. The van der Waals surface area contributed by atoms with E-state index >= 15 is 0 Å². The zero-order valence-electron chi connectivity index (χ0n) is 14.0. The Labute approximate surface area is 145 Å². The van der Waals surface area contributed by atoms with E-state index in [1.54, 1.807) is 0 Å². The maximum atomic E-state index is 3.47. The van der Waals surface area contributed by atoms with Crippen LogP contribution in [0.5, 0.6) is 0 Å². The summed E-state index contributed by atoms with van der Waals surface area (Å²) < 4.78 is 0. The minimum atomic E-state index is -1.76. The molecule has 0 amide bonds. The highest BCUT2D eigenvalue weighted by molar-refractivity contribution is 7.95. The van der Waals surface area contributed by atoms with Crippen molar-refractivity contribution >= 4 is 23.2 Å². The Kier molecular flexibility index (Phi) is 5.47. The van der Waals surface area contributed by atoms with E-state index in [-0.39, 0.29) is 0 Å². The predicted octanol–water partition coefficient (Wildman–Crippen LogP) is 4.39. The van der Waals surface area contributed by atoms with Gasteiger partial charge in [0.15, 0.2) is 0 Å². The molecule has 0 aromatic heterocycles. The summed E-state index contributed by atoms with van der Waals surface area (Å²) in [4.78, 5) is 0. The average Bonchev–Trinajstić information content (AvgIpc) is 2.68. The van der Waals surface area contributed by atoms with Crippen LogP contribution in [0.3, 0.4) is 0 Å². The minimum absolute atomic E-state index is 0.888. The van der Waals surface area contributed by atoms with Crippen molar-refractivity contribution in [3.05, 3.63) is 91.0 Å². The Morgan fingerprint density at radius 2 is 0.958 bits per heavy atom. The van der Waals surface area contributed by atoms with Crippen molar-refractivity contribution in [3.63, 3.8) is 0 Å². The summed E-state index contributed by atoms with van der Waals surface area (Å²) in [5.74, 6) is 6.76. The van der Waals surface area contributed by atoms with Gasteiger partial charge in [0.05, 0.1) is 0 Å². The summed E-state index contributed by atoms with van der Waals surface area (Å²) in [6.45, 7) is 2.11. The molecular weight excluding hydrogens is 307 g/mol. The fourth-order valence-electron chi connectivity index (χ4n) is 3.07. The molecule has 0 N–H and O–H groups in total. The predicted molar refractivity (Wildman–Crippen MR) is 108 cm³/mol. The summed E-state index contributed by atoms with van der Waals surface area (Å²) in [5, 5.41) is 4.19. The monoisotopic (exact) mass is 329 g/mol. The first-order chi connectivity index (χ1) is 11.9. The van der Waals surface area contributed by atoms with Crippen LogP contribution in [0.1, 0.15) is 13.3 Å². The van der Waals surface area contributed by atoms with E-state index in [1.807, 2.05) is 0 Å². The van der Waals surface area contributed by atoms with Gasteiger partial charge in [0.1, 0.15) is 29.3 Å². The first kappa shape index (κ1) is 16.5. The van der Waals surface area contributed by atoms with Gasteiger partial charge < -0.3 is 0 Å². The number of benzene rings is 3. The first-order valence-corrected chi connectivity index (χ1v) is 10.4. The highest BCUT2D eigenvalue weighted by Crippen LogP contribution is 2.54. The zero-order valence-corrected chi connectivity index (χ0v) is 14.9. The molecule has 0 aliphatic rings. The van der Waals surface area contributed by atoms with Crippen LogP contribution in [0.15, 0.2) is 91.0 Å². The van der Waals surface area contributed by atoms with E-state index < -0.39 is 7.26 Å². The van der Waals surface area contributed by atoms with Gasteiger partial charge in [0, 0.05) is 6.42 Å². The summed E-state index contributed by atoms with van der Waals surface area (Å²) >= 11 is 0. The van der Waals surface area contributed by atoms with Gasteiger partial charge in [0.2, 0.25) is 0 Å². The molecule has 24 heavy (non-hydrogen) atoms. The standard InChI is InChI=1S/C23H22P/c1-2-3-13-20-24(21-14-7-4-8-15-21,22-16-9-5-10-17-22)23-18-11-6-12-19-23/h4-12,14-19H,2,20H2,1H3/q+1. The van der Waals surface area contributed by atoms with Crippen LogP contribution in [-0.2, 0) is 0 Å². The molecule has 3 rings (SSSR count). The maximum absolute atomic E-state index is 3.47. The molecular formula is C23H22P+. The van der Waals surface area contributed by atoms with Gasteiger partial charge >= 0.3 is 0 Å². The van der Waals surface area contributed by atoms with E-state index in [1.165, 1.54) is 15.9 Å². The molecule has 0 saturated heterocycles. The van der Waals surface area contributed by atoms with Gasteiger partial charge in [-0.2, -0.15) is 0 Å². The fraction of sp³-hybridized carbons (Fsp3) is 0.130. The van der Waals surface area contributed by atoms with Crippen molar-refractivity contribution in [2.24, 2.45) is 0 Å². The third kappa shape index (κ3) is 3.28. The molecule has 0 fully saturated rings. The van der Waals surface area contributed by atoms with Gasteiger partial charge in [-0.3, -0.25) is 0 Å². The average molecular weight is 329 g/mol. The van der Waals surface area contributed by atoms with Crippen LogP contribution in [0.25, 0.3) is 0 Å². The number of rotatable bonds is 4. The van der Waals surface area contributed by atoms with Gasteiger partial charge in [-0.1, -0.05) is 73.4 Å². The maximum Gasteiger partial charge on any atom is 0.133 e. The Morgan fingerprint density at radius 1 is 0.583 bits per heavy atom. The molecule has 1 heteroatoms. The molecule has 3 aromatic rings. The lowest BCUT2D eigenvalue weighted by Crippen LogP contribution is -2.33. The van der Waals surface area contributed by atoms with Crippen molar-refractivity contribution in [1.29, 1.82) is 0 Å². The molecule has 0 radical (unpaired) electrons. The Morgan fingerprint density at radius 3 is 1.29 bits per heavy atom. The van der Waals surface area contributed by atoms with Crippen LogP contribution < -0.4 is 15.9 Å². The summed E-state index contributed by atoms with van der Waals surface area (Å²) in [6.07, 6.45) is 1.79. The number of hydrogen-bond acceptors (Lipinski definition) is 0. The molecule has 0 heterocycles. The van der Waals surface area contributed by atoms with E-state index in [4.69, 9.17) is 0 Å². The van der Waals surface area contributed by atoms with Crippen LogP contribution in [-0.4, -0.2) is 6.16 Å². The van der Waals surface area contributed by atoms with Crippen molar-refractivity contribution in [3.8, 4) is 11.8 Å². The highest BCUT2D eigenvalue weighted by Gasteiger charge is 2.44. The van der Waals surface area contributed by atoms with Gasteiger partial charge in [-0.05, 0) is 36.4 Å². The molecule has 118 valence electrons. The topological polar surface area (TPSA) is 0 Å². The normalized spacial score (nSPS) is 10.7. The van der Waals surface area contributed by atoms with Crippen LogP contribution in [0, 0.1) is 11.8 Å². The van der Waals surface area contributed by atoms with E-state index in [2.05, 4.69) is 110 Å². The van der Waals surface area contributed by atoms with E-state index in [0.717, 1.165) is 12.6 Å². The lowest BCUT2D eigenvalue weighted by atomic mass is 10.4. The second-order valence-electron chi connectivity index (χ2n) is 5.68. The molecule has 0 spiro atoms. The van der Waals surface area contributed by atoms with Crippen LogP contribution in [0.2, 0.25) is 0 Å². The molecule has 0 atom stereocenters. The van der Waals surface area contributed by atoms with Crippen molar-refractivity contribution in [2.45, 2.75) is 13.3 Å². The smallest absolute Gasteiger partial charge is 0.0998 e. The zero-order chi connectivity index (χ0) is 16.7. The summed E-state index contributed by atoms with van der Waals surface area (Å²) in [6, 6.07) is 32.7. The second kappa shape index (κ2) is 7.96. The lowest BCUT2D eigenvalue weighted by Gasteiger charge is -2.25. The molecule has 0 nitrogen and oxygen atoms in total. The lowest BCUT2D eigenvalue weighted by molar-refractivity contribution is 1.28. The van der Waals surface area contributed by atoms with Gasteiger partial charge in [0.25, 0.3) is 0 Å². The Hall–Kier alpha value is -2.35. The SMILES string of the molecule is CCC#CC[P+](c1ccccc1)(c1ccccc1)c1ccccc1. The van der Waals surface area contributed by atoms with Crippen molar-refractivity contribution in [2.75, 3.05) is 6.16 Å². The Balaban J connectivity index is 2.28. The van der Waals surface area contributed by atoms with Gasteiger partial charge in [-0.25, -0.2) is 0 Å². The summed E-state index contributed by atoms with van der Waals surface area (Å²) in [7, 11) is -1.76. The molecule has 0 unspecified atom stereocenters. The van der Waals surface area contributed by atoms with Crippen molar-refractivity contribution in [1.82, 2.24) is 0 Å². The van der Waals surface area contributed by atoms with Crippen LogP contribution >= 0.6 is 7.26 Å². The van der Waals surface area contributed by atoms with Crippen molar-refractivity contribution < 1.29 is 0 Å². The largest absolute Gasteiger partial charge is 0.133 e. The third-order valence-corrected chi connectivity index (χ3v) is 8.38. The minimum Gasteiger partial charge on any atom is -0.0998 e.